The zero-order valence-electron chi connectivity index (χ0n) is 13.2. The monoisotopic (exact) mass is 287 g/mol. The van der Waals surface area contributed by atoms with Gasteiger partial charge in [-0.2, -0.15) is 5.10 Å². The van der Waals surface area contributed by atoms with Crippen molar-refractivity contribution in [2.24, 2.45) is 5.92 Å². The van der Waals surface area contributed by atoms with Crippen molar-refractivity contribution in [1.29, 1.82) is 0 Å². The summed E-state index contributed by atoms with van der Waals surface area (Å²) >= 11 is 0. The van der Waals surface area contributed by atoms with E-state index in [0.29, 0.717) is 12.5 Å². The topological polar surface area (TPSA) is 39.1 Å². The van der Waals surface area contributed by atoms with Gasteiger partial charge in [-0.3, -0.25) is 4.68 Å². The SMILES string of the molecule is Cc1ccnn1CCOc1cccc(CNCC(C)C)c1. The molecule has 0 spiro atoms. The number of aryl methyl sites for hydroxylation is 1. The van der Waals surface area contributed by atoms with Crippen LogP contribution in [0.15, 0.2) is 36.5 Å². The summed E-state index contributed by atoms with van der Waals surface area (Å²) < 4.78 is 7.77. The Morgan fingerprint density at radius 1 is 1.29 bits per heavy atom. The van der Waals surface area contributed by atoms with Gasteiger partial charge in [0.1, 0.15) is 12.4 Å². The molecule has 21 heavy (non-hydrogen) atoms. The van der Waals surface area contributed by atoms with Gasteiger partial charge in [-0.05, 0) is 43.1 Å². The summed E-state index contributed by atoms with van der Waals surface area (Å²) in [6.45, 7) is 9.79. The van der Waals surface area contributed by atoms with Crippen LogP contribution in [-0.4, -0.2) is 22.9 Å². The lowest BCUT2D eigenvalue weighted by Crippen LogP contribution is -2.19. The van der Waals surface area contributed by atoms with Gasteiger partial charge in [0.25, 0.3) is 0 Å². The zero-order valence-corrected chi connectivity index (χ0v) is 13.2. The molecule has 0 radical (unpaired) electrons. The molecule has 4 heteroatoms. The highest BCUT2D eigenvalue weighted by Gasteiger charge is 2.00. The first-order valence-corrected chi connectivity index (χ1v) is 7.56. The Labute approximate surface area is 127 Å². The fourth-order valence-electron chi connectivity index (χ4n) is 2.13. The van der Waals surface area contributed by atoms with Gasteiger partial charge in [-0.1, -0.05) is 26.0 Å². The van der Waals surface area contributed by atoms with E-state index in [4.69, 9.17) is 4.74 Å². The van der Waals surface area contributed by atoms with Gasteiger partial charge < -0.3 is 10.1 Å². The molecule has 114 valence electrons. The standard InChI is InChI=1S/C17H25N3O/c1-14(2)12-18-13-16-5-4-6-17(11-16)21-10-9-20-15(3)7-8-19-20/h4-8,11,14,18H,9-10,12-13H2,1-3H3. The van der Waals surface area contributed by atoms with E-state index in [1.54, 1.807) is 0 Å². The quantitative estimate of drug-likeness (QED) is 0.811. The molecule has 1 aromatic carbocycles. The van der Waals surface area contributed by atoms with Crippen LogP contribution in [0.5, 0.6) is 5.75 Å². The second-order valence-corrected chi connectivity index (χ2v) is 5.72. The van der Waals surface area contributed by atoms with Crippen molar-refractivity contribution in [3.8, 4) is 5.75 Å². The number of hydrogen-bond donors (Lipinski definition) is 1. The maximum atomic E-state index is 5.81. The van der Waals surface area contributed by atoms with E-state index in [2.05, 4.69) is 36.4 Å². The van der Waals surface area contributed by atoms with Crippen LogP contribution in [0.25, 0.3) is 0 Å². The van der Waals surface area contributed by atoms with Crippen LogP contribution in [0.1, 0.15) is 25.1 Å². The minimum atomic E-state index is 0.630. The number of nitrogens with one attached hydrogen (secondary N) is 1. The van der Waals surface area contributed by atoms with Crippen LogP contribution in [0.4, 0.5) is 0 Å². The zero-order chi connectivity index (χ0) is 15.1. The molecular formula is C17H25N3O. The summed E-state index contributed by atoms with van der Waals surface area (Å²) in [5.41, 5.74) is 2.41. The summed E-state index contributed by atoms with van der Waals surface area (Å²) in [7, 11) is 0. The van der Waals surface area contributed by atoms with Gasteiger partial charge in [0, 0.05) is 18.4 Å². The predicted octanol–water partition coefficient (Wildman–Crippen LogP) is 3.02. The first-order chi connectivity index (χ1) is 10.1. The molecule has 1 aromatic heterocycles. The van der Waals surface area contributed by atoms with E-state index in [-0.39, 0.29) is 0 Å². The molecule has 0 aliphatic rings. The molecular weight excluding hydrogens is 262 g/mol. The van der Waals surface area contributed by atoms with Crippen LogP contribution >= 0.6 is 0 Å². The molecule has 4 nitrogen and oxygen atoms in total. The molecule has 0 saturated carbocycles. The van der Waals surface area contributed by atoms with Crippen molar-refractivity contribution < 1.29 is 4.74 Å². The fourth-order valence-corrected chi connectivity index (χ4v) is 2.13. The number of rotatable bonds is 8. The summed E-state index contributed by atoms with van der Waals surface area (Å²) in [6, 6.07) is 10.3. The molecule has 1 heterocycles. The Balaban J connectivity index is 1.79. The Kier molecular flexibility index (Phi) is 5.81. The van der Waals surface area contributed by atoms with Gasteiger partial charge in [-0.15, -0.1) is 0 Å². The third-order valence-electron chi connectivity index (χ3n) is 3.28. The van der Waals surface area contributed by atoms with Crippen LogP contribution in [0, 0.1) is 12.8 Å². The highest BCUT2D eigenvalue weighted by Crippen LogP contribution is 2.13. The lowest BCUT2D eigenvalue weighted by molar-refractivity contribution is 0.289. The van der Waals surface area contributed by atoms with Crippen molar-refractivity contribution in [3.63, 3.8) is 0 Å². The van der Waals surface area contributed by atoms with E-state index in [1.807, 2.05) is 36.0 Å². The van der Waals surface area contributed by atoms with Gasteiger partial charge in [0.2, 0.25) is 0 Å². The van der Waals surface area contributed by atoms with Crippen LogP contribution in [0.2, 0.25) is 0 Å². The summed E-state index contributed by atoms with van der Waals surface area (Å²) in [5.74, 6) is 1.59. The summed E-state index contributed by atoms with van der Waals surface area (Å²) in [5, 5.41) is 7.69. The number of benzene rings is 1. The maximum absolute atomic E-state index is 5.81. The molecule has 2 rings (SSSR count). The highest BCUT2D eigenvalue weighted by molar-refractivity contribution is 5.28. The first kappa shape index (κ1) is 15.6. The summed E-state index contributed by atoms with van der Waals surface area (Å²) in [6.07, 6.45) is 1.82. The Bertz CT molecular complexity index is 548. The number of nitrogens with zero attached hydrogens (tertiary/aromatic N) is 2. The minimum absolute atomic E-state index is 0.630. The summed E-state index contributed by atoms with van der Waals surface area (Å²) in [4.78, 5) is 0. The normalized spacial score (nSPS) is 11.0. The molecule has 0 unspecified atom stereocenters. The third-order valence-corrected chi connectivity index (χ3v) is 3.28. The Hall–Kier alpha value is -1.81. The van der Waals surface area contributed by atoms with Crippen LogP contribution in [0.3, 0.4) is 0 Å². The van der Waals surface area contributed by atoms with E-state index in [1.165, 1.54) is 5.56 Å². The molecule has 2 aromatic rings. The van der Waals surface area contributed by atoms with Crippen molar-refractivity contribution in [3.05, 3.63) is 47.8 Å². The minimum Gasteiger partial charge on any atom is -0.492 e. The van der Waals surface area contributed by atoms with Gasteiger partial charge in [0.05, 0.1) is 6.54 Å². The largest absolute Gasteiger partial charge is 0.492 e. The number of aromatic nitrogens is 2. The molecule has 0 bridgehead atoms. The van der Waals surface area contributed by atoms with Crippen molar-refractivity contribution in [1.82, 2.24) is 15.1 Å². The molecule has 0 atom stereocenters. The second-order valence-electron chi connectivity index (χ2n) is 5.72. The molecule has 0 amide bonds. The highest BCUT2D eigenvalue weighted by atomic mass is 16.5. The average Bonchev–Trinajstić information content (AvgIpc) is 2.85. The lowest BCUT2D eigenvalue weighted by Gasteiger charge is -2.10. The van der Waals surface area contributed by atoms with Crippen LogP contribution < -0.4 is 10.1 Å². The van der Waals surface area contributed by atoms with Crippen molar-refractivity contribution in [2.45, 2.75) is 33.9 Å². The van der Waals surface area contributed by atoms with E-state index in [0.717, 1.165) is 31.1 Å². The molecule has 1 N–H and O–H groups in total. The number of ether oxygens (including phenoxy) is 1. The van der Waals surface area contributed by atoms with Crippen molar-refractivity contribution in [2.75, 3.05) is 13.2 Å². The smallest absolute Gasteiger partial charge is 0.119 e. The molecule has 0 aliphatic carbocycles. The lowest BCUT2D eigenvalue weighted by atomic mass is 10.2. The second kappa shape index (κ2) is 7.84. The fraction of sp³-hybridized carbons (Fsp3) is 0.471. The Morgan fingerprint density at radius 2 is 2.14 bits per heavy atom. The van der Waals surface area contributed by atoms with E-state index < -0.39 is 0 Å². The predicted molar refractivity (Wildman–Crippen MR) is 85.4 cm³/mol. The molecule has 0 fully saturated rings. The molecule has 0 aliphatic heterocycles. The van der Waals surface area contributed by atoms with E-state index in [9.17, 15) is 0 Å². The molecule has 0 saturated heterocycles. The number of hydrogen-bond acceptors (Lipinski definition) is 3. The van der Waals surface area contributed by atoms with Crippen LogP contribution in [-0.2, 0) is 13.1 Å². The first-order valence-electron chi connectivity index (χ1n) is 7.56. The Morgan fingerprint density at radius 3 is 2.86 bits per heavy atom. The van der Waals surface area contributed by atoms with E-state index >= 15 is 0 Å². The maximum Gasteiger partial charge on any atom is 0.119 e. The average molecular weight is 287 g/mol. The van der Waals surface area contributed by atoms with Gasteiger partial charge in [-0.25, -0.2) is 0 Å². The third kappa shape index (κ3) is 5.23. The van der Waals surface area contributed by atoms with Crippen molar-refractivity contribution >= 4 is 0 Å². The van der Waals surface area contributed by atoms with Gasteiger partial charge >= 0.3 is 0 Å². The van der Waals surface area contributed by atoms with Gasteiger partial charge in [0.15, 0.2) is 0 Å².